The second-order valence-electron chi connectivity index (χ2n) is 6.54. The molecule has 2 N–H and O–H groups in total. The summed E-state index contributed by atoms with van der Waals surface area (Å²) < 4.78 is 5.73. The van der Waals surface area contributed by atoms with Crippen LogP contribution in [0.1, 0.15) is 52.4 Å². The summed E-state index contributed by atoms with van der Waals surface area (Å²) >= 11 is 0. The SMILES string of the molecule is CC1CN(CC2(CN)CCCCCC2)C(C)CO1. The average Bonchev–Trinajstić information content (AvgIpc) is 2.60. The summed E-state index contributed by atoms with van der Waals surface area (Å²) in [6.45, 7) is 8.45. The normalized spacial score (nSPS) is 34.2. The molecule has 0 bridgehead atoms. The highest BCUT2D eigenvalue weighted by Crippen LogP contribution is 2.35. The van der Waals surface area contributed by atoms with Gasteiger partial charge < -0.3 is 10.5 Å². The molecule has 106 valence electrons. The van der Waals surface area contributed by atoms with Gasteiger partial charge in [-0.2, -0.15) is 0 Å². The molecule has 1 aliphatic carbocycles. The van der Waals surface area contributed by atoms with E-state index in [-0.39, 0.29) is 0 Å². The predicted octanol–water partition coefficient (Wildman–Crippen LogP) is 2.39. The summed E-state index contributed by atoms with van der Waals surface area (Å²) in [6, 6.07) is 0.549. The van der Waals surface area contributed by atoms with Crippen molar-refractivity contribution < 1.29 is 4.74 Å². The molecule has 1 aliphatic heterocycles. The molecule has 2 aliphatic rings. The van der Waals surface area contributed by atoms with E-state index in [0.29, 0.717) is 17.6 Å². The van der Waals surface area contributed by atoms with Crippen molar-refractivity contribution in [3.05, 3.63) is 0 Å². The zero-order chi connectivity index (χ0) is 13.0. The van der Waals surface area contributed by atoms with Crippen molar-refractivity contribution in [2.75, 3.05) is 26.2 Å². The molecule has 0 amide bonds. The summed E-state index contributed by atoms with van der Waals surface area (Å²) in [5, 5.41) is 0. The van der Waals surface area contributed by atoms with E-state index in [2.05, 4.69) is 18.7 Å². The van der Waals surface area contributed by atoms with E-state index < -0.39 is 0 Å². The molecule has 2 fully saturated rings. The maximum absolute atomic E-state index is 6.15. The molecule has 3 nitrogen and oxygen atoms in total. The van der Waals surface area contributed by atoms with Crippen molar-refractivity contribution in [1.82, 2.24) is 4.90 Å². The fourth-order valence-electron chi connectivity index (χ4n) is 3.53. The lowest BCUT2D eigenvalue weighted by molar-refractivity contribution is -0.0639. The Balaban J connectivity index is 1.99. The van der Waals surface area contributed by atoms with Crippen LogP contribution in [-0.4, -0.2) is 43.3 Å². The maximum atomic E-state index is 6.15. The van der Waals surface area contributed by atoms with Crippen LogP contribution in [-0.2, 0) is 4.74 Å². The van der Waals surface area contributed by atoms with Gasteiger partial charge >= 0.3 is 0 Å². The van der Waals surface area contributed by atoms with Gasteiger partial charge in [0.05, 0.1) is 12.7 Å². The number of nitrogens with two attached hydrogens (primary N) is 1. The molecule has 2 unspecified atom stereocenters. The highest BCUT2D eigenvalue weighted by atomic mass is 16.5. The van der Waals surface area contributed by atoms with Gasteiger partial charge in [-0.1, -0.05) is 25.7 Å². The monoisotopic (exact) mass is 254 g/mol. The maximum Gasteiger partial charge on any atom is 0.0674 e. The molecule has 0 radical (unpaired) electrons. The van der Waals surface area contributed by atoms with E-state index in [1.807, 2.05) is 0 Å². The molecular weight excluding hydrogens is 224 g/mol. The van der Waals surface area contributed by atoms with Gasteiger partial charge in [-0.3, -0.25) is 4.90 Å². The third-order valence-corrected chi connectivity index (χ3v) is 4.87. The van der Waals surface area contributed by atoms with Crippen LogP contribution in [0.25, 0.3) is 0 Å². The lowest BCUT2D eigenvalue weighted by atomic mass is 9.79. The molecule has 0 aromatic carbocycles. The molecular formula is C15H30N2O. The van der Waals surface area contributed by atoms with Crippen LogP contribution in [0.15, 0.2) is 0 Å². The first-order valence-electron chi connectivity index (χ1n) is 7.71. The van der Waals surface area contributed by atoms with E-state index in [1.54, 1.807) is 0 Å². The fourth-order valence-corrected chi connectivity index (χ4v) is 3.53. The summed E-state index contributed by atoms with van der Waals surface area (Å²) in [4.78, 5) is 2.62. The van der Waals surface area contributed by atoms with Gasteiger partial charge in [0, 0.05) is 19.1 Å². The van der Waals surface area contributed by atoms with Gasteiger partial charge in [-0.05, 0) is 38.6 Å². The van der Waals surface area contributed by atoms with E-state index in [4.69, 9.17) is 10.5 Å². The average molecular weight is 254 g/mol. The Morgan fingerprint density at radius 2 is 1.83 bits per heavy atom. The number of hydrogen-bond donors (Lipinski definition) is 1. The molecule has 3 heteroatoms. The Kier molecular flexibility index (Phi) is 5.05. The summed E-state index contributed by atoms with van der Waals surface area (Å²) in [7, 11) is 0. The minimum Gasteiger partial charge on any atom is -0.376 e. The minimum atomic E-state index is 0.377. The van der Waals surface area contributed by atoms with Crippen molar-refractivity contribution >= 4 is 0 Å². The number of ether oxygens (including phenoxy) is 1. The van der Waals surface area contributed by atoms with Gasteiger partial charge in [0.1, 0.15) is 0 Å². The van der Waals surface area contributed by atoms with E-state index in [1.165, 1.54) is 45.1 Å². The van der Waals surface area contributed by atoms with Crippen LogP contribution >= 0.6 is 0 Å². The molecule has 1 heterocycles. The van der Waals surface area contributed by atoms with Crippen LogP contribution in [0.2, 0.25) is 0 Å². The van der Waals surface area contributed by atoms with Crippen LogP contribution < -0.4 is 5.73 Å². The molecule has 18 heavy (non-hydrogen) atoms. The first kappa shape index (κ1) is 14.3. The third kappa shape index (κ3) is 3.46. The molecule has 1 saturated carbocycles. The highest BCUT2D eigenvalue weighted by molar-refractivity contribution is 4.88. The quantitative estimate of drug-likeness (QED) is 0.786. The Hall–Kier alpha value is -0.120. The largest absolute Gasteiger partial charge is 0.376 e. The molecule has 0 aromatic rings. The molecule has 1 saturated heterocycles. The lowest BCUT2D eigenvalue weighted by Crippen LogP contribution is -2.52. The minimum absolute atomic E-state index is 0.377. The molecule has 2 atom stereocenters. The summed E-state index contributed by atoms with van der Waals surface area (Å²) in [6.07, 6.45) is 8.55. The van der Waals surface area contributed by atoms with Gasteiger partial charge in [0.2, 0.25) is 0 Å². The predicted molar refractivity (Wildman–Crippen MR) is 75.6 cm³/mol. The van der Waals surface area contributed by atoms with Crippen molar-refractivity contribution in [3.63, 3.8) is 0 Å². The van der Waals surface area contributed by atoms with E-state index >= 15 is 0 Å². The fraction of sp³-hybridized carbons (Fsp3) is 1.00. The van der Waals surface area contributed by atoms with Crippen LogP contribution in [0.5, 0.6) is 0 Å². The first-order valence-corrected chi connectivity index (χ1v) is 7.71. The molecule has 0 aromatic heterocycles. The van der Waals surface area contributed by atoms with E-state index in [9.17, 15) is 0 Å². The molecule has 0 spiro atoms. The van der Waals surface area contributed by atoms with Gasteiger partial charge in [-0.25, -0.2) is 0 Å². The standard InChI is InChI=1S/C15H30N2O/c1-13-10-18-14(2)9-17(13)12-15(11-16)7-5-3-4-6-8-15/h13-14H,3-12,16H2,1-2H3. The topological polar surface area (TPSA) is 38.5 Å². The van der Waals surface area contributed by atoms with E-state index in [0.717, 1.165) is 19.7 Å². The zero-order valence-corrected chi connectivity index (χ0v) is 12.2. The summed E-state index contributed by atoms with van der Waals surface area (Å²) in [5.74, 6) is 0. The van der Waals surface area contributed by atoms with Crippen LogP contribution in [0.4, 0.5) is 0 Å². The van der Waals surface area contributed by atoms with Crippen molar-refractivity contribution in [3.8, 4) is 0 Å². The van der Waals surface area contributed by atoms with Crippen molar-refractivity contribution in [1.29, 1.82) is 0 Å². The second-order valence-corrected chi connectivity index (χ2v) is 6.54. The number of nitrogens with zero attached hydrogens (tertiary/aromatic N) is 1. The van der Waals surface area contributed by atoms with Crippen LogP contribution in [0, 0.1) is 5.41 Å². The van der Waals surface area contributed by atoms with Gasteiger partial charge in [0.15, 0.2) is 0 Å². The Labute approximate surface area is 112 Å². The number of morpholine rings is 1. The summed E-state index contributed by atoms with van der Waals surface area (Å²) in [5.41, 5.74) is 6.52. The first-order chi connectivity index (χ1) is 8.65. The number of rotatable bonds is 3. The van der Waals surface area contributed by atoms with Gasteiger partial charge in [0.25, 0.3) is 0 Å². The van der Waals surface area contributed by atoms with Crippen molar-refractivity contribution in [2.24, 2.45) is 11.1 Å². The van der Waals surface area contributed by atoms with Gasteiger partial charge in [-0.15, -0.1) is 0 Å². The molecule has 2 rings (SSSR count). The van der Waals surface area contributed by atoms with Crippen LogP contribution in [0.3, 0.4) is 0 Å². The van der Waals surface area contributed by atoms with Crippen molar-refractivity contribution in [2.45, 2.75) is 64.5 Å². The number of hydrogen-bond acceptors (Lipinski definition) is 3. The highest BCUT2D eigenvalue weighted by Gasteiger charge is 2.34. The Morgan fingerprint density at radius 1 is 1.17 bits per heavy atom. The Morgan fingerprint density at radius 3 is 2.44 bits per heavy atom. The Bertz CT molecular complexity index is 249. The lowest BCUT2D eigenvalue weighted by Gasteiger charge is -2.43. The smallest absolute Gasteiger partial charge is 0.0674 e. The second kappa shape index (κ2) is 6.36. The third-order valence-electron chi connectivity index (χ3n) is 4.87. The zero-order valence-electron chi connectivity index (χ0n) is 12.2.